The lowest BCUT2D eigenvalue weighted by molar-refractivity contribution is -0.119. The third kappa shape index (κ3) is 5.09. The normalized spacial score (nSPS) is 10.6. The zero-order valence-electron chi connectivity index (χ0n) is 13.6. The van der Waals surface area contributed by atoms with Gasteiger partial charge >= 0.3 is 0 Å². The maximum atomic E-state index is 13.5. The Hall–Kier alpha value is -2.36. The van der Waals surface area contributed by atoms with E-state index in [1.54, 1.807) is 18.2 Å². The van der Waals surface area contributed by atoms with E-state index in [0.29, 0.717) is 24.4 Å². The molecule has 2 aromatic rings. The number of carbonyl (C=O) groups is 1. The highest BCUT2D eigenvalue weighted by Gasteiger charge is 2.07. The SMILES string of the molecule is CC(C)c1ccccc1NCC(=O)NCCc1ccccc1F. The number of rotatable bonds is 7. The molecule has 0 aliphatic heterocycles. The van der Waals surface area contributed by atoms with Crippen LogP contribution in [-0.2, 0) is 11.2 Å². The van der Waals surface area contributed by atoms with E-state index in [-0.39, 0.29) is 18.3 Å². The van der Waals surface area contributed by atoms with Crippen LogP contribution in [0, 0.1) is 5.82 Å². The Morgan fingerprint density at radius 3 is 2.52 bits per heavy atom. The molecule has 2 N–H and O–H groups in total. The van der Waals surface area contributed by atoms with Crippen molar-refractivity contribution >= 4 is 11.6 Å². The molecule has 0 saturated carbocycles. The lowest BCUT2D eigenvalue weighted by Gasteiger charge is -2.14. The number of hydrogen-bond donors (Lipinski definition) is 2. The number of halogens is 1. The third-order valence-corrected chi connectivity index (χ3v) is 3.70. The van der Waals surface area contributed by atoms with Crippen molar-refractivity contribution in [2.45, 2.75) is 26.2 Å². The van der Waals surface area contributed by atoms with Crippen LogP contribution in [0.2, 0.25) is 0 Å². The summed E-state index contributed by atoms with van der Waals surface area (Å²) in [6, 6.07) is 14.6. The molecule has 0 spiro atoms. The van der Waals surface area contributed by atoms with Crippen molar-refractivity contribution in [1.29, 1.82) is 0 Å². The first-order valence-electron chi connectivity index (χ1n) is 7.91. The van der Waals surface area contributed by atoms with E-state index in [1.807, 2.05) is 18.2 Å². The molecule has 4 heteroatoms. The summed E-state index contributed by atoms with van der Waals surface area (Å²) in [7, 11) is 0. The molecule has 0 heterocycles. The molecule has 0 bridgehead atoms. The molecule has 0 unspecified atom stereocenters. The van der Waals surface area contributed by atoms with Gasteiger partial charge in [0.05, 0.1) is 6.54 Å². The second-order valence-corrected chi connectivity index (χ2v) is 5.79. The molecular weight excluding hydrogens is 291 g/mol. The van der Waals surface area contributed by atoms with Crippen LogP contribution in [0.25, 0.3) is 0 Å². The van der Waals surface area contributed by atoms with Crippen molar-refractivity contribution in [3.05, 3.63) is 65.5 Å². The topological polar surface area (TPSA) is 41.1 Å². The molecule has 0 saturated heterocycles. The van der Waals surface area contributed by atoms with Crippen LogP contribution in [0.15, 0.2) is 48.5 Å². The van der Waals surface area contributed by atoms with Gasteiger partial charge in [0.1, 0.15) is 5.82 Å². The lowest BCUT2D eigenvalue weighted by atomic mass is 10.0. The summed E-state index contributed by atoms with van der Waals surface area (Å²) in [4.78, 5) is 11.9. The highest BCUT2D eigenvalue weighted by molar-refractivity contribution is 5.81. The van der Waals surface area contributed by atoms with Gasteiger partial charge in [-0.3, -0.25) is 4.79 Å². The molecule has 2 rings (SSSR count). The summed E-state index contributed by atoms with van der Waals surface area (Å²) in [6.45, 7) is 4.87. The van der Waals surface area contributed by atoms with Gasteiger partial charge in [-0.15, -0.1) is 0 Å². The van der Waals surface area contributed by atoms with Crippen molar-refractivity contribution in [2.75, 3.05) is 18.4 Å². The number of carbonyl (C=O) groups excluding carboxylic acids is 1. The first kappa shape index (κ1) is 17.0. The maximum absolute atomic E-state index is 13.5. The molecule has 2 aromatic carbocycles. The van der Waals surface area contributed by atoms with Crippen LogP contribution in [0.1, 0.15) is 30.9 Å². The third-order valence-electron chi connectivity index (χ3n) is 3.70. The molecule has 1 amide bonds. The van der Waals surface area contributed by atoms with Gasteiger partial charge in [0.15, 0.2) is 0 Å². The zero-order chi connectivity index (χ0) is 16.7. The first-order chi connectivity index (χ1) is 11.1. The molecule has 122 valence electrons. The van der Waals surface area contributed by atoms with Crippen LogP contribution in [0.3, 0.4) is 0 Å². The minimum Gasteiger partial charge on any atom is -0.376 e. The molecule has 23 heavy (non-hydrogen) atoms. The van der Waals surface area contributed by atoms with Crippen molar-refractivity contribution in [3.63, 3.8) is 0 Å². The predicted octanol–water partition coefficient (Wildman–Crippen LogP) is 3.72. The Kier molecular flexibility index (Phi) is 6.15. The van der Waals surface area contributed by atoms with Gasteiger partial charge in [-0.2, -0.15) is 0 Å². The van der Waals surface area contributed by atoms with Gasteiger partial charge < -0.3 is 10.6 Å². The van der Waals surface area contributed by atoms with Gasteiger partial charge in [0.25, 0.3) is 0 Å². The standard InChI is InChI=1S/C19H23FN2O/c1-14(2)16-8-4-6-10-18(16)22-13-19(23)21-12-11-15-7-3-5-9-17(15)20/h3-10,14,22H,11-13H2,1-2H3,(H,21,23). The van der Waals surface area contributed by atoms with E-state index in [0.717, 1.165) is 5.69 Å². The Balaban J connectivity index is 1.79. The monoisotopic (exact) mass is 314 g/mol. The average molecular weight is 314 g/mol. The van der Waals surface area contributed by atoms with E-state index in [4.69, 9.17) is 0 Å². The van der Waals surface area contributed by atoms with Crippen LogP contribution in [0.5, 0.6) is 0 Å². The van der Waals surface area contributed by atoms with Crippen molar-refractivity contribution in [3.8, 4) is 0 Å². The summed E-state index contributed by atoms with van der Waals surface area (Å²) >= 11 is 0. The predicted molar refractivity (Wildman–Crippen MR) is 92.1 cm³/mol. The Morgan fingerprint density at radius 1 is 1.09 bits per heavy atom. The van der Waals surface area contributed by atoms with E-state index in [1.165, 1.54) is 11.6 Å². The summed E-state index contributed by atoms with van der Waals surface area (Å²) in [5.74, 6) is 0.0634. The van der Waals surface area contributed by atoms with Crippen LogP contribution in [0.4, 0.5) is 10.1 Å². The molecule has 0 fully saturated rings. The largest absolute Gasteiger partial charge is 0.376 e. The second-order valence-electron chi connectivity index (χ2n) is 5.79. The van der Waals surface area contributed by atoms with Crippen molar-refractivity contribution in [1.82, 2.24) is 5.32 Å². The summed E-state index contributed by atoms with van der Waals surface area (Å²) < 4.78 is 13.5. The second kappa shape index (κ2) is 8.32. The van der Waals surface area contributed by atoms with Gasteiger partial charge in [-0.1, -0.05) is 50.2 Å². The van der Waals surface area contributed by atoms with Gasteiger partial charge in [0.2, 0.25) is 5.91 Å². The quantitative estimate of drug-likeness (QED) is 0.818. The number of amides is 1. The van der Waals surface area contributed by atoms with Gasteiger partial charge in [-0.25, -0.2) is 4.39 Å². The molecule has 0 aliphatic carbocycles. The van der Waals surface area contributed by atoms with Crippen LogP contribution < -0.4 is 10.6 Å². The highest BCUT2D eigenvalue weighted by atomic mass is 19.1. The lowest BCUT2D eigenvalue weighted by Crippen LogP contribution is -2.31. The fraction of sp³-hybridized carbons (Fsp3) is 0.316. The molecule has 3 nitrogen and oxygen atoms in total. The van der Waals surface area contributed by atoms with E-state index >= 15 is 0 Å². The average Bonchev–Trinajstić information content (AvgIpc) is 2.55. The number of benzene rings is 2. The number of nitrogens with one attached hydrogen (secondary N) is 2. The minimum absolute atomic E-state index is 0.0973. The molecular formula is C19H23FN2O. The Morgan fingerprint density at radius 2 is 1.78 bits per heavy atom. The smallest absolute Gasteiger partial charge is 0.239 e. The van der Waals surface area contributed by atoms with E-state index in [9.17, 15) is 9.18 Å². The Bertz CT molecular complexity index is 655. The number of anilines is 1. The fourth-order valence-corrected chi connectivity index (χ4v) is 2.44. The van der Waals surface area contributed by atoms with E-state index < -0.39 is 0 Å². The van der Waals surface area contributed by atoms with Gasteiger partial charge in [0, 0.05) is 12.2 Å². The van der Waals surface area contributed by atoms with Crippen LogP contribution in [-0.4, -0.2) is 19.0 Å². The number of hydrogen-bond acceptors (Lipinski definition) is 2. The summed E-state index contributed by atoms with van der Waals surface area (Å²) in [5, 5.41) is 5.98. The van der Waals surface area contributed by atoms with Crippen molar-refractivity contribution in [2.24, 2.45) is 0 Å². The first-order valence-corrected chi connectivity index (χ1v) is 7.91. The molecule has 0 radical (unpaired) electrons. The molecule has 0 atom stereocenters. The molecule has 0 aliphatic rings. The van der Waals surface area contributed by atoms with Crippen molar-refractivity contribution < 1.29 is 9.18 Å². The Labute approximate surface area is 136 Å². The zero-order valence-corrected chi connectivity index (χ0v) is 13.6. The van der Waals surface area contributed by atoms with Gasteiger partial charge in [-0.05, 0) is 35.6 Å². The van der Waals surface area contributed by atoms with Crippen LogP contribution >= 0.6 is 0 Å². The fourth-order valence-electron chi connectivity index (χ4n) is 2.44. The highest BCUT2D eigenvalue weighted by Crippen LogP contribution is 2.23. The summed E-state index contributed by atoms with van der Waals surface area (Å²) in [6.07, 6.45) is 0.487. The maximum Gasteiger partial charge on any atom is 0.239 e. The number of para-hydroxylation sites is 1. The van der Waals surface area contributed by atoms with E-state index in [2.05, 4.69) is 30.5 Å². The summed E-state index contributed by atoms with van der Waals surface area (Å²) in [5.41, 5.74) is 2.78. The molecule has 0 aromatic heterocycles. The minimum atomic E-state index is -0.231.